The molecule has 1 aromatic carbocycles. The first-order chi connectivity index (χ1) is 10.5. The first-order valence-corrected chi connectivity index (χ1v) is 7.82. The maximum atomic E-state index is 10.4. The van der Waals surface area contributed by atoms with Crippen molar-refractivity contribution in [2.24, 2.45) is 0 Å². The number of hydrogen-bond acceptors (Lipinski definition) is 3. The zero-order valence-corrected chi connectivity index (χ0v) is 13.3. The van der Waals surface area contributed by atoms with Crippen LogP contribution < -0.4 is 5.32 Å². The Morgan fingerprint density at radius 2 is 2.09 bits per heavy atom. The van der Waals surface area contributed by atoms with E-state index in [1.807, 2.05) is 4.42 Å². The Morgan fingerprint density at radius 1 is 1.36 bits per heavy atom. The molecule has 3 rings (SSSR count). The third kappa shape index (κ3) is 4.45. The highest BCUT2D eigenvalue weighted by Gasteiger charge is 2.26. The summed E-state index contributed by atoms with van der Waals surface area (Å²) in [5.41, 5.74) is 2.92. The van der Waals surface area contributed by atoms with Crippen LogP contribution in [0.4, 0.5) is 0 Å². The van der Waals surface area contributed by atoms with Gasteiger partial charge in [0.25, 0.3) is 0 Å². The van der Waals surface area contributed by atoms with Gasteiger partial charge in [-0.15, -0.1) is 0 Å². The van der Waals surface area contributed by atoms with Crippen molar-refractivity contribution in [3.05, 3.63) is 35.4 Å². The largest absolute Gasteiger partial charge is 0.480 e. The van der Waals surface area contributed by atoms with Crippen LogP contribution in [0.25, 0.3) is 0 Å². The number of halogens is 1. The lowest BCUT2D eigenvalue weighted by Crippen LogP contribution is -2.32. The lowest BCUT2D eigenvalue weighted by atomic mass is 9.96. The number of carbonyl (C=O) groups is 2. The Bertz CT molecular complexity index is 550. The fourth-order valence-electron chi connectivity index (χ4n) is 2.77. The molecule has 0 unspecified atom stereocenters. The van der Waals surface area contributed by atoms with Gasteiger partial charge in [-0.05, 0) is 41.7 Å². The number of carboxylic acids is 1. The summed E-state index contributed by atoms with van der Waals surface area (Å²) in [6.45, 7) is 4.15. The molecule has 0 spiro atoms. The second-order valence-corrected chi connectivity index (χ2v) is 6.19. The number of nitrogens with zero attached hydrogens (tertiary/aromatic N) is 1. The number of carboxylic acid groups (broad SMARTS) is 1. The molecule has 0 aromatic heterocycles. The van der Waals surface area contributed by atoms with Crippen molar-refractivity contribution in [3.8, 4) is 0 Å². The molecule has 0 radical (unpaired) electrons. The lowest BCUT2D eigenvalue weighted by Gasteiger charge is -2.14. The Balaban J connectivity index is 0.000000172. The molecule has 6 heteroatoms. The van der Waals surface area contributed by atoms with Crippen molar-refractivity contribution < 1.29 is 14.7 Å². The van der Waals surface area contributed by atoms with E-state index in [4.69, 9.17) is 16.9 Å². The lowest BCUT2D eigenvalue weighted by molar-refractivity contribution is -0.140. The summed E-state index contributed by atoms with van der Waals surface area (Å²) in [5.74, 6) is -0.556. The van der Waals surface area contributed by atoms with Crippen LogP contribution in [0.2, 0.25) is 0 Å². The van der Waals surface area contributed by atoms with Crippen LogP contribution in [0.1, 0.15) is 36.8 Å². The molecule has 2 aliphatic rings. The van der Waals surface area contributed by atoms with Crippen LogP contribution in [0, 0.1) is 0 Å². The maximum Gasteiger partial charge on any atom is 0.326 e. The standard InChI is InChI=1S/C11H14ClN.C5H7NO3/c1-9-8-13(12)7-6-10-4-2-3-5-11(9)10;7-4-2-1-3(6-4)5(8)9/h2-5,9H,6-8H2,1H3;3H,1-2H2,(H,6,7)(H,8,9)/t9-;3-/m10/s1. The summed E-state index contributed by atoms with van der Waals surface area (Å²) in [4.78, 5) is 20.5. The van der Waals surface area contributed by atoms with E-state index in [0.29, 0.717) is 18.8 Å². The number of hydrogen-bond donors (Lipinski definition) is 2. The van der Waals surface area contributed by atoms with E-state index in [1.54, 1.807) is 0 Å². The van der Waals surface area contributed by atoms with Gasteiger partial charge in [0, 0.05) is 19.5 Å². The SMILES string of the molecule is C[C@@H]1CN(Cl)CCc2ccccc21.O=C1CC[C@@H](C(=O)O)N1. The van der Waals surface area contributed by atoms with E-state index in [-0.39, 0.29) is 5.91 Å². The van der Waals surface area contributed by atoms with Crippen LogP contribution >= 0.6 is 11.8 Å². The van der Waals surface area contributed by atoms with Crippen LogP contribution in [0.3, 0.4) is 0 Å². The van der Waals surface area contributed by atoms with Crippen molar-refractivity contribution in [2.75, 3.05) is 13.1 Å². The first kappa shape index (κ1) is 16.8. The number of fused-ring (bicyclic) bond motifs is 1. The molecule has 5 nitrogen and oxygen atoms in total. The summed E-state index contributed by atoms with van der Waals surface area (Å²) in [6.07, 6.45) is 1.84. The molecule has 2 N–H and O–H groups in total. The number of amides is 1. The monoisotopic (exact) mass is 324 g/mol. The number of rotatable bonds is 1. The maximum absolute atomic E-state index is 10.4. The highest BCUT2D eigenvalue weighted by molar-refractivity contribution is 6.13. The molecule has 2 aliphatic heterocycles. The zero-order valence-electron chi connectivity index (χ0n) is 12.6. The zero-order chi connectivity index (χ0) is 16.1. The smallest absolute Gasteiger partial charge is 0.326 e. The molecule has 0 aliphatic carbocycles. The van der Waals surface area contributed by atoms with Gasteiger partial charge in [-0.3, -0.25) is 4.79 Å². The molecule has 2 atom stereocenters. The quantitative estimate of drug-likeness (QED) is 0.777. The van der Waals surface area contributed by atoms with E-state index in [2.05, 4.69) is 36.5 Å². The minimum Gasteiger partial charge on any atom is -0.480 e. The van der Waals surface area contributed by atoms with E-state index in [9.17, 15) is 9.59 Å². The number of nitrogens with one attached hydrogen (secondary N) is 1. The van der Waals surface area contributed by atoms with Crippen molar-refractivity contribution in [2.45, 2.75) is 38.1 Å². The molecule has 0 bridgehead atoms. The molecule has 0 saturated carbocycles. The number of carbonyl (C=O) groups excluding carboxylic acids is 1. The van der Waals surface area contributed by atoms with Crippen molar-refractivity contribution in [3.63, 3.8) is 0 Å². The van der Waals surface area contributed by atoms with E-state index in [0.717, 1.165) is 19.5 Å². The number of aliphatic carboxylic acids is 1. The Kier molecular flexibility index (Phi) is 5.80. The molecular formula is C16H21ClN2O3. The van der Waals surface area contributed by atoms with E-state index in [1.165, 1.54) is 11.1 Å². The molecule has 120 valence electrons. The van der Waals surface area contributed by atoms with Gasteiger partial charge in [0.2, 0.25) is 5.91 Å². The van der Waals surface area contributed by atoms with Crippen molar-refractivity contribution in [1.29, 1.82) is 0 Å². The highest BCUT2D eigenvalue weighted by atomic mass is 35.5. The molecule has 1 saturated heterocycles. The Hall–Kier alpha value is -1.59. The molecule has 1 aromatic rings. The average Bonchev–Trinajstić information content (AvgIpc) is 2.87. The minimum atomic E-state index is -0.944. The van der Waals surface area contributed by atoms with E-state index < -0.39 is 12.0 Å². The Morgan fingerprint density at radius 3 is 2.68 bits per heavy atom. The third-order valence-corrected chi connectivity index (χ3v) is 4.28. The fraction of sp³-hybridized carbons (Fsp3) is 0.500. The van der Waals surface area contributed by atoms with Gasteiger partial charge in [-0.2, -0.15) is 0 Å². The summed E-state index contributed by atoms with van der Waals surface area (Å²) in [7, 11) is 0. The summed E-state index contributed by atoms with van der Waals surface area (Å²) >= 11 is 6.04. The third-order valence-electron chi connectivity index (χ3n) is 3.98. The molecular weight excluding hydrogens is 304 g/mol. The molecule has 22 heavy (non-hydrogen) atoms. The van der Waals surface area contributed by atoms with Gasteiger partial charge < -0.3 is 10.4 Å². The Labute approximate surface area is 135 Å². The van der Waals surface area contributed by atoms with Gasteiger partial charge in [-0.25, -0.2) is 9.21 Å². The van der Waals surface area contributed by atoms with Gasteiger partial charge >= 0.3 is 5.97 Å². The highest BCUT2D eigenvalue weighted by Crippen LogP contribution is 2.25. The summed E-state index contributed by atoms with van der Waals surface area (Å²) < 4.78 is 1.89. The topological polar surface area (TPSA) is 69.6 Å². The fourth-order valence-corrected chi connectivity index (χ4v) is 3.06. The van der Waals surface area contributed by atoms with Gasteiger partial charge in [-0.1, -0.05) is 31.2 Å². The summed E-state index contributed by atoms with van der Waals surface area (Å²) in [6, 6.07) is 8.00. The van der Waals surface area contributed by atoms with Crippen molar-refractivity contribution >= 4 is 23.7 Å². The predicted molar refractivity (Wildman–Crippen MR) is 84.8 cm³/mol. The minimum absolute atomic E-state index is 0.164. The number of benzene rings is 1. The molecule has 1 amide bonds. The van der Waals surface area contributed by atoms with Gasteiger partial charge in [0.1, 0.15) is 6.04 Å². The molecule has 2 heterocycles. The summed E-state index contributed by atoms with van der Waals surface area (Å²) in [5, 5.41) is 10.6. The predicted octanol–water partition coefficient (Wildman–Crippen LogP) is 2.15. The van der Waals surface area contributed by atoms with Crippen LogP contribution in [-0.4, -0.2) is 40.5 Å². The second kappa shape index (κ2) is 7.61. The van der Waals surface area contributed by atoms with E-state index >= 15 is 0 Å². The molecule has 1 fully saturated rings. The van der Waals surface area contributed by atoms with Crippen molar-refractivity contribution in [1.82, 2.24) is 9.74 Å². The normalized spacial score (nSPS) is 24.5. The van der Waals surface area contributed by atoms with Gasteiger partial charge in [0.15, 0.2) is 0 Å². The first-order valence-electron chi connectivity index (χ1n) is 7.48. The van der Waals surface area contributed by atoms with Crippen LogP contribution in [0.5, 0.6) is 0 Å². The van der Waals surface area contributed by atoms with Crippen LogP contribution in [0.15, 0.2) is 24.3 Å². The van der Waals surface area contributed by atoms with Crippen LogP contribution in [-0.2, 0) is 16.0 Å². The van der Waals surface area contributed by atoms with Gasteiger partial charge in [0.05, 0.1) is 0 Å². The average molecular weight is 325 g/mol. The second-order valence-electron chi connectivity index (χ2n) is 5.72.